The Bertz CT molecular complexity index is 505. The molecule has 0 bridgehead atoms. The van der Waals surface area contributed by atoms with Crippen LogP contribution in [0.5, 0.6) is 0 Å². The lowest BCUT2D eigenvalue weighted by Gasteiger charge is -2.23. The van der Waals surface area contributed by atoms with Gasteiger partial charge in [-0.2, -0.15) is 0 Å². The van der Waals surface area contributed by atoms with E-state index >= 15 is 0 Å². The maximum atomic E-state index is 11.9. The molecule has 1 rings (SSSR count). The van der Waals surface area contributed by atoms with Crippen LogP contribution in [-0.2, 0) is 26.9 Å². The molecule has 6 nitrogen and oxygen atoms in total. The zero-order valence-electron chi connectivity index (χ0n) is 12.0. The van der Waals surface area contributed by atoms with Crippen molar-refractivity contribution in [2.24, 2.45) is 0 Å². The van der Waals surface area contributed by atoms with Gasteiger partial charge >= 0.3 is 12.1 Å². The summed E-state index contributed by atoms with van der Waals surface area (Å²) in [7, 11) is 0.258. The molecule has 0 aliphatic carbocycles. The molecule has 0 radical (unpaired) electrons. The van der Waals surface area contributed by atoms with Crippen LogP contribution in [0.3, 0.4) is 0 Å². The molecule has 0 heterocycles. The van der Waals surface area contributed by atoms with Crippen molar-refractivity contribution in [1.82, 2.24) is 4.90 Å². The molecule has 0 aliphatic heterocycles. The number of carbonyl (C=O) groups excluding carboxylic acids is 1. The van der Waals surface area contributed by atoms with E-state index in [4.69, 9.17) is 9.84 Å². The fraction of sp³-hybridized carbons (Fsp3) is 0.429. The Morgan fingerprint density at radius 2 is 1.95 bits per heavy atom. The summed E-state index contributed by atoms with van der Waals surface area (Å²) in [6, 6.07) is 8.07. The standard InChI is InChI=1S/C14H19NO5S/c1-15(12(13(16)17)8-9-21(2)19)14(18)20-10-11-6-4-3-5-7-11/h3-7,12H,8-10H2,1-2H3,(H,16,17)/t12-,21?/m0/s1. The van der Waals surface area contributed by atoms with Crippen LogP contribution in [0, 0.1) is 0 Å². The fourth-order valence-corrected chi connectivity index (χ4v) is 2.26. The first-order chi connectivity index (χ1) is 9.91. The summed E-state index contributed by atoms with van der Waals surface area (Å²) in [5, 5.41) is 9.14. The van der Waals surface area contributed by atoms with Crippen molar-refractivity contribution in [3.8, 4) is 0 Å². The van der Waals surface area contributed by atoms with Gasteiger partial charge in [0, 0.05) is 29.9 Å². The number of hydrogen-bond acceptors (Lipinski definition) is 4. The molecule has 7 heteroatoms. The molecular formula is C14H19NO5S. The second-order valence-electron chi connectivity index (χ2n) is 4.57. The predicted octanol–water partition coefficient (Wildman–Crippen LogP) is 1.48. The van der Waals surface area contributed by atoms with Crippen LogP contribution in [0.2, 0.25) is 0 Å². The van der Waals surface area contributed by atoms with Crippen LogP contribution < -0.4 is 0 Å². The highest BCUT2D eigenvalue weighted by Gasteiger charge is 2.27. The second-order valence-corrected chi connectivity index (χ2v) is 6.13. The number of nitrogens with zero attached hydrogens (tertiary/aromatic N) is 1. The highest BCUT2D eigenvalue weighted by atomic mass is 32.2. The largest absolute Gasteiger partial charge is 0.480 e. The molecule has 2 atom stereocenters. The Kier molecular flexibility index (Phi) is 6.87. The number of rotatable bonds is 7. The number of carbonyl (C=O) groups is 2. The minimum Gasteiger partial charge on any atom is -0.480 e. The first-order valence-corrected chi connectivity index (χ1v) is 8.11. The van der Waals surface area contributed by atoms with Crippen molar-refractivity contribution in [2.75, 3.05) is 19.1 Å². The fourth-order valence-electron chi connectivity index (χ4n) is 1.71. The number of amides is 1. The summed E-state index contributed by atoms with van der Waals surface area (Å²) in [5.74, 6) is -0.924. The number of carboxylic acids is 1. The van der Waals surface area contributed by atoms with E-state index in [1.165, 1.54) is 13.3 Å². The smallest absolute Gasteiger partial charge is 0.410 e. The summed E-state index contributed by atoms with van der Waals surface area (Å²) >= 11 is 0. The molecule has 0 aliphatic rings. The van der Waals surface area contributed by atoms with Gasteiger partial charge < -0.3 is 9.84 Å². The van der Waals surface area contributed by atoms with E-state index in [0.29, 0.717) is 0 Å². The molecule has 0 aromatic heterocycles. The third-order valence-electron chi connectivity index (χ3n) is 2.92. The molecule has 0 spiro atoms. The molecule has 21 heavy (non-hydrogen) atoms. The van der Waals surface area contributed by atoms with Gasteiger partial charge in [0.1, 0.15) is 12.6 Å². The number of carboxylic acid groups (broad SMARTS) is 1. The lowest BCUT2D eigenvalue weighted by molar-refractivity contribution is -0.142. The summed E-state index contributed by atoms with van der Waals surface area (Å²) in [4.78, 5) is 24.1. The van der Waals surface area contributed by atoms with E-state index in [0.717, 1.165) is 10.5 Å². The van der Waals surface area contributed by atoms with Gasteiger partial charge in [0.05, 0.1) is 0 Å². The molecule has 1 amide bonds. The van der Waals surface area contributed by atoms with E-state index in [9.17, 15) is 13.8 Å². The van der Waals surface area contributed by atoms with Crippen LogP contribution in [0.1, 0.15) is 12.0 Å². The molecule has 0 fully saturated rings. The van der Waals surface area contributed by atoms with E-state index in [2.05, 4.69) is 0 Å². The van der Waals surface area contributed by atoms with Crippen molar-refractivity contribution < 1.29 is 23.6 Å². The Labute approximate surface area is 126 Å². The van der Waals surface area contributed by atoms with Gasteiger partial charge in [-0.15, -0.1) is 0 Å². The number of ether oxygens (including phenoxy) is 1. The first kappa shape index (κ1) is 17.2. The van der Waals surface area contributed by atoms with Crippen molar-refractivity contribution in [1.29, 1.82) is 0 Å². The number of hydrogen-bond donors (Lipinski definition) is 1. The molecule has 1 aromatic carbocycles. The van der Waals surface area contributed by atoms with Crippen molar-refractivity contribution >= 4 is 22.9 Å². The second kappa shape index (κ2) is 8.41. The van der Waals surface area contributed by atoms with Crippen molar-refractivity contribution in [3.05, 3.63) is 35.9 Å². The zero-order chi connectivity index (χ0) is 15.8. The van der Waals surface area contributed by atoms with Gasteiger partial charge in [0.2, 0.25) is 0 Å². The zero-order valence-corrected chi connectivity index (χ0v) is 12.8. The van der Waals surface area contributed by atoms with Crippen LogP contribution in [0.25, 0.3) is 0 Å². The lowest BCUT2D eigenvalue weighted by Crippen LogP contribution is -2.43. The van der Waals surface area contributed by atoms with Gasteiger partial charge in [-0.3, -0.25) is 9.11 Å². The van der Waals surface area contributed by atoms with Crippen molar-refractivity contribution in [2.45, 2.75) is 19.1 Å². The topological polar surface area (TPSA) is 83.9 Å². The van der Waals surface area contributed by atoms with E-state index in [1.54, 1.807) is 0 Å². The highest BCUT2D eigenvalue weighted by molar-refractivity contribution is 7.84. The Morgan fingerprint density at radius 1 is 1.33 bits per heavy atom. The predicted molar refractivity (Wildman–Crippen MR) is 79.4 cm³/mol. The normalized spacial score (nSPS) is 13.2. The molecule has 1 unspecified atom stereocenters. The average Bonchev–Trinajstić information content (AvgIpc) is 2.45. The Morgan fingerprint density at radius 3 is 2.48 bits per heavy atom. The SMILES string of the molecule is CN(C(=O)OCc1ccccc1)[C@@H](CCS(C)=O)C(=O)O. The Hall–Kier alpha value is -1.89. The average molecular weight is 313 g/mol. The lowest BCUT2D eigenvalue weighted by atomic mass is 10.2. The molecule has 0 saturated heterocycles. The third kappa shape index (κ3) is 5.95. The number of aliphatic carboxylic acids is 1. The van der Waals surface area contributed by atoms with Crippen LogP contribution in [0.4, 0.5) is 4.79 Å². The van der Waals surface area contributed by atoms with E-state index in [1.807, 2.05) is 30.3 Å². The molecule has 116 valence electrons. The van der Waals surface area contributed by atoms with E-state index in [-0.39, 0.29) is 18.8 Å². The maximum absolute atomic E-state index is 11.9. The molecule has 0 saturated carbocycles. The molecule has 1 N–H and O–H groups in total. The van der Waals surface area contributed by atoms with E-state index < -0.39 is 28.9 Å². The molecule has 1 aromatic rings. The first-order valence-electron chi connectivity index (χ1n) is 6.38. The van der Waals surface area contributed by atoms with Gasteiger partial charge in [-0.1, -0.05) is 30.3 Å². The monoisotopic (exact) mass is 313 g/mol. The quantitative estimate of drug-likeness (QED) is 0.824. The summed E-state index contributed by atoms with van der Waals surface area (Å²) in [6.45, 7) is 0.0794. The van der Waals surface area contributed by atoms with Crippen molar-refractivity contribution in [3.63, 3.8) is 0 Å². The third-order valence-corrected chi connectivity index (χ3v) is 3.74. The van der Waals surface area contributed by atoms with Crippen LogP contribution in [-0.4, -0.2) is 51.4 Å². The number of likely N-dealkylation sites (N-methyl/N-ethyl adjacent to an activating group) is 1. The minimum atomic E-state index is -1.14. The van der Waals surface area contributed by atoms with Crippen LogP contribution >= 0.6 is 0 Å². The highest BCUT2D eigenvalue weighted by Crippen LogP contribution is 2.08. The summed E-state index contributed by atoms with van der Waals surface area (Å²) < 4.78 is 16.1. The van der Waals surface area contributed by atoms with Gasteiger partial charge in [0.15, 0.2) is 0 Å². The summed E-state index contributed by atoms with van der Waals surface area (Å²) in [5.41, 5.74) is 0.820. The maximum Gasteiger partial charge on any atom is 0.410 e. The van der Waals surface area contributed by atoms with Crippen LogP contribution in [0.15, 0.2) is 30.3 Å². The number of benzene rings is 1. The minimum absolute atomic E-state index is 0.0794. The van der Waals surface area contributed by atoms with Gasteiger partial charge in [-0.05, 0) is 12.0 Å². The Balaban J connectivity index is 2.57. The molecular weight excluding hydrogens is 294 g/mol. The summed E-state index contributed by atoms with van der Waals surface area (Å²) in [6.07, 6.45) is 0.898. The van der Waals surface area contributed by atoms with Gasteiger partial charge in [-0.25, -0.2) is 9.59 Å². The van der Waals surface area contributed by atoms with Gasteiger partial charge in [0.25, 0.3) is 0 Å².